The van der Waals surface area contributed by atoms with E-state index in [1.165, 1.54) is 6.92 Å². The maximum absolute atomic E-state index is 13.0. The Labute approximate surface area is 181 Å². The van der Waals surface area contributed by atoms with E-state index in [1.54, 1.807) is 43.5 Å². The summed E-state index contributed by atoms with van der Waals surface area (Å²) in [7, 11) is 1.59. The highest BCUT2D eigenvalue weighted by atomic mass is 16.5. The van der Waals surface area contributed by atoms with Crippen molar-refractivity contribution in [1.82, 2.24) is 4.57 Å². The summed E-state index contributed by atoms with van der Waals surface area (Å²) in [4.78, 5) is 23.9. The maximum atomic E-state index is 13.0. The highest BCUT2D eigenvalue weighted by Gasteiger charge is 2.15. The number of hydrogen-bond acceptors (Lipinski definition) is 4. The van der Waals surface area contributed by atoms with E-state index in [0.29, 0.717) is 29.3 Å². The number of ether oxygens (including phenoxy) is 2. The normalized spacial score (nSPS) is 12.0. The van der Waals surface area contributed by atoms with E-state index in [0.717, 1.165) is 11.1 Å². The quantitative estimate of drug-likeness (QED) is 0.513. The van der Waals surface area contributed by atoms with Crippen molar-refractivity contribution < 1.29 is 24.2 Å². The van der Waals surface area contributed by atoms with Crippen LogP contribution in [0.1, 0.15) is 34.1 Å². The van der Waals surface area contributed by atoms with Crippen LogP contribution >= 0.6 is 0 Å². The summed E-state index contributed by atoms with van der Waals surface area (Å²) in [5.74, 6) is 0.124. The number of methoxy groups -OCH3 is 1. The lowest BCUT2D eigenvalue weighted by atomic mass is 10.1. The van der Waals surface area contributed by atoms with Gasteiger partial charge in [-0.25, -0.2) is 4.79 Å². The van der Waals surface area contributed by atoms with Gasteiger partial charge in [0, 0.05) is 18.3 Å². The molecule has 1 aromatic heterocycles. The molecule has 0 fully saturated rings. The monoisotopic (exact) mass is 419 g/mol. The van der Waals surface area contributed by atoms with Crippen molar-refractivity contribution in [3.63, 3.8) is 0 Å². The van der Waals surface area contributed by atoms with Crippen molar-refractivity contribution in [3.8, 4) is 11.5 Å². The van der Waals surface area contributed by atoms with Crippen molar-refractivity contribution in [2.24, 2.45) is 0 Å². The molecule has 0 unspecified atom stereocenters. The first-order valence-corrected chi connectivity index (χ1v) is 9.89. The van der Waals surface area contributed by atoms with Gasteiger partial charge in [-0.2, -0.15) is 0 Å². The number of hydrogen-bond donors (Lipinski definition) is 1. The van der Waals surface area contributed by atoms with Crippen LogP contribution < -0.4 is 9.47 Å². The molecular weight excluding hydrogens is 394 g/mol. The summed E-state index contributed by atoms with van der Waals surface area (Å²) in [6.45, 7) is 3.96. The molecule has 0 aliphatic rings. The molecule has 6 heteroatoms. The van der Waals surface area contributed by atoms with E-state index in [-0.39, 0.29) is 5.78 Å². The fraction of sp³-hybridized carbons (Fsp3) is 0.200. The van der Waals surface area contributed by atoms with Crippen LogP contribution in [0, 0.1) is 6.92 Å². The molecule has 6 nitrogen and oxygen atoms in total. The summed E-state index contributed by atoms with van der Waals surface area (Å²) < 4.78 is 12.5. The summed E-state index contributed by atoms with van der Waals surface area (Å²) in [5, 5.41) is 8.99. The molecule has 0 saturated carbocycles. The Morgan fingerprint density at radius 1 is 1.10 bits per heavy atom. The molecule has 0 bridgehead atoms. The van der Waals surface area contributed by atoms with Gasteiger partial charge in [0.05, 0.1) is 12.8 Å². The SMILES string of the molecule is COc1ccc(C(=O)c2cc(C)cn2CC=Cc2cccc(O[C@@H](C)C(=O)O)c2)cc1. The molecule has 1 N–H and O–H groups in total. The highest BCUT2D eigenvalue weighted by molar-refractivity contribution is 6.08. The van der Waals surface area contributed by atoms with Gasteiger partial charge in [-0.05, 0) is 67.4 Å². The predicted octanol–water partition coefficient (Wildman–Crippen LogP) is 4.60. The number of allylic oxidation sites excluding steroid dienone is 1. The van der Waals surface area contributed by atoms with Crippen LogP contribution in [-0.4, -0.2) is 34.6 Å². The van der Waals surface area contributed by atoms with Crippen molar-refractivity contribution in [3.05, 3.63) is 89.3 Å². The molecule has 1 heterocycles. The Bertz CT molecular complexity index is 1100. The fourth-order valence-corrected chi connectivity index (χ4v) is 3.14. The zero-order valence-corrected chi connectivity index (χ0v) is 17.7. The van der Waals surface area contributed by atoms with Crippen molar-refractivity contribution in [2.45, 2.75) is 26.5 Å². The summed E-state index contributed by atoms with van der Waals surface area (Å²) >= 11 is 0. The van der Waals surface area contributed by atoms with Gasteiger partial charge in [-0.3, -0.25) is 4.79 Å². The van der Waals surface area contributed by atoms with Crippen LogP contribution in [0.4, 0.5) is 0 Å². The van der Waals surface area contributed by atoms with E-state index < -0.39 is 12.1 Å². The molecule has 0 aliphatic heterocycles. The Hall–Kier alpha value is -3.80. The number of carboxylic acid groups (broad SMARTS) is 1. The number of aryl methyl sites for hydroxylation is 1. The number of benzene rings is 2. The first-order valence-electron chi connectivity index (χ1n) is 9.89. The first kappa shape index (κ1) is 21.9. The molecule has 0 radical (unpaired) electrons. The molecule has 0 aliphatic carbocycles. The van der Waals surface area contributed by atoms with Gasteiger partial charge in [0.2, 0.25) is 5.78 Å². The number of carbonyl (C=O) groups is 2. The number of carboxylic acids is 1. The number of aliphatic carboxylic acids is 1. The second-order valence-electron chi connectivity index (χ2n) is 7.19. The number of aromatic nitrogens is 1. The van der Waals surface area contributed by atoms with Crippen molar-refractivity contribution in [1.29, 1.82) is 0 Å². The standard InChI is InChI=1S/C25H25NO5/c1-17-14-23(24(27)20-9-11-21(30-3)12-10-20)26(16-17)13-5-7-19-6-4-8-22(15-19)31-18(2)25(28)29/h4-12,14-16,18H,13H2,1-3H3,(H,28,29)/t18-/m0/s1. The lowest BCUT2D eigenvalue weighted by Gasteiger charge is -2.10. The topological polar surface area (TPSA) is 77.8 Å². The summed E-state index contributed by atoms with van der Waals surface area (Å²) in [6.07, 6.45) is 4.88. The predicted molar refractivity (Wildman–Crippen MR) is 119 cm³/mol. The van der Waals surface area contributed by atoms with Gasteiger partial charge in [0.1, 0.15) is 11.5 Å². The number of carbonyl (C=O) groups excluding carboxylic acids is 1. The Balaban J connectivity index is 1.73. The molecule has 0 saturated heterocycles. The second-order valence-corrected chi connectivity index (χ2v) is 7.19. The minimum atomic E-state index is -1.02. The lowest BCUT2D eigenvalue weighted by Crippen LogP contribution is -2.22. The average molecular weight is 419 g/mol. The van der Waals surface area contributed by atoms with Gasteiger partial charge in [0.25, 0.3) is 0 Å². The first-order chi connectivity index (χ1) is 14.9. The largest absolute Gasteiger partial charge is 0.497 e. The van der Waals surface area contributed by atoms with Crippen LogP contribution in [0.15, 0.2) is 66.9 Å². The van der Waals surface area contributed by atoms with E-state index in [2.05, 4.69) is 0 Å². The molecule has 1 atom stereocenters. The molecule has 3 rings (SSSR count). The molecule has 160 valence electrons. The minimum absolute atomic E-state index is 0.0535. The summed E-state index contributed by atoms with van der Waals surface area (Å²) in [5.41, 5.74) is 3.09. The third-order valence-corrected chi connectivity index (χ3v) is 4.75. The van der Waals surface area contributed by atoms with Crippen LogP contribution in [-0.2, 0) is 11.3 Å². The second kappa shape index (κ2) is 9.80. The van der Waals surface area contributed by atoms with Crippen LogP contribution in [0.3, 0.4) is 0 Å². The average Bonchev–Trinajstić information content (AvgIpc) is 3.14. The van der Waals surface area contributed by atoms with E-state index in [1.807, 2.05) is 48.0 Å². The number of rotatable bonds is 9. The number of ketones is 1. The zero-order chi connectivity index (χ0) is 22.4. The van der Waals surface area contributed by atoms with E-state index in [4.69, 9.17) is 14.6 Å². The lowest BCUT2D eigenvalue weighted by molar-refractivity contribution is -0.144. The minimum Gasteiger partial charge on any atom is -0.497 e. The van der Waals surface area contributed by atoms with Crippen molar-refractivity contribution in [2.75, 3.05) is 7.11 Å². The van der Waals surface area contributed by atoms with Gasteiger partial charge in [-0.1, -0.05) is 24.3 Å². The Kier molecular flexibility index (Phi) is 6.92. The smallest absolute Gasteiger partial charge is 0.344 e. The Morgan fingerprint density at radius 2 is 1.84 bits per heavy atom. The maximum Gasteiger partial charge on any atom is 0.344 e. The van der Waals surface area contributed by atoms with Gasteiger partial charge < -0.3 is 19.1 Å². The summed E-state index contributed by atoms with van der Waals surface area (Å²) in [6, 6.07) is 16.1. The van der Waals surface area contributed by atoms with Gasteiger partial charge in [-0.15, -0.1) is 0 Å². The molecule has 3 aromatic rings. The third kappa shape index (κ3) is 5.63. The van der Waals surface area contributed by atoms with Crippen molar-refractivity contribution >= 4 is 17.8 Å². The third-order valence-electron chi connectivity index (χ3n) is 4.75. The van der Waals surface area contributed by atoms with Crippen LogP contribution in [0.5, 0.6) is 11.5 Å². The Morgan fingerprint density at radius 3 is 2.52 bits per heavy atom. The molecule has 31 heavy (non-hydrogen) atoms. The van der Waals surface area contributed by atoms with Crippen LogP contribution in [0.25, 0.3) is 6.08 Å². The fourth-order valence-electron chi connectivity index (χ4n) is 3.14. The van der Waals surface area contributed by atoms with Gasteiger partial charge >= 0.3 is 5.97 Å². The van der Waals surface area contributed by atoms with E-state index in [9.17, 15) is 9.59 Å². The van der Waals surface area contributed by atoms with E-state index >= 15 is 0 Å². The van der Waals surface area contributed by atoms with Gasteiger partial charge in [0.15, 0.2) is 6.10 Å². The molecular formula is C25H25NO5. The molecule has 2 aromatic carbocycles. The molecule has 0 amide bonds. The van der Waals surface area contributed by atoms with Crippen LogP contribution in [0.2, 0.25) is 0 Å². The number of nitrogens with zero attached hydrogens (tertiary/aromatic N) is 1. The molecule has 0 spiro atoms. The highest BCUT2D eigenvalue weighted by Crippen LogP contribution is 2.19. The zero-order valence-electron chi connectivity index (χ0n) is 17.7.